The molecule has 1 aromatic heterocycles. The fraction of sp³-hybridized carbons (Fsp3) is 0.615. The highest BCUT2D eigenvalue weighted by atomic mass is 16.2. The molecule has 0 radical (unpaired) electrons. The first-order valence-corrected chi connectivity index (χ1v) is 6.28. The maximum atomic E-state index is 11.4. The second-order valence-corrected chi connectivity index (χ2v) is 5.09. The number of rotatable bonds is 2. The van der Waals surface area contributed by atoms with E-state index in [4.69, 9.17) is 5.84 Å². The van der Waals surface area contributed by atoms with Crippen molar-refractivity contribution < 1.29 is 4.79 Å². The Hall–Kier alpha value is -1.29. The Morgan fingerprint density at radius 1 is 1.35 bits per heavy atom. The molecule has 94 valence electrons. The molecular weight excluding hydrogens is 214 g/mol. The quantitative estimate of drug-likeness (QED) is 0.416. The minimum Gasteiger partial charge on any atom is -0.362 e. The maximum absolute atomic E-state index is 11.4. The molecule has 2 rings (SSSR count). The zero-order valence-corrected chi connectivity index (χ0v) is 10.5. The molecule has 1 aromatic rings. The van der Waals surface area contributed by atoms with Crippen molar-refractivity contribution in [2.45, 2.75) is 45.4 Å². The Morgan fingerprint density at radius 2 is 2.00 bits per heavy atom. The molecule has 0 atom stereocenters. The van der Waals surface area contributed by atoms with Crippen molar-refractivity contribution in [2.75, 3.05) is 0 Å². The van der Waals surface area contributed by atoms with Gasteiger partial charge in [0, 0.05) is 17.3 Å². The van der Waals surface area contributed by atoms with Gasteiger partial charge in [-0.3, -0.25) is 10.2 Å². The topological polar surface area (TPSA) is 70.9 Å². The predicted molar refractivity (Wildman–Crippen MR) is 67.3 cm³/mol. The fourth-order valence-corrected chi connectivity index (χ4v) is 2.70. The third-order valence-electron chi connectivity index (χ3n) is 3.98. The summed E-state index contributed by atoms with van der Waals surface area (Å²) in [4.78, 5) is 14.9. The van der Waals surface area contributed by atoms with E-state index in [9.17, 15) is 4.79 Å². The molecule has 1 aliphatic rings. The van der Waals surface area contributed by atoms with E-state index in [1.165, 1.54) is 17.0 Å². The first-order chi connectivity index (χ1) is 8.11. The highest BCUT2D eigenvalue weighted by molar-refractivity contribution is 5.78. The summed E-state index contributed by atoms with van der Waals surface area (Å²) < 4.78 is 0. The Labute approximate surface area is 102 Å². The molecule has 4 N–H and O–H groups in total. The van der Waals surface area contributed by atoms with E-state index in [0.29, 0.717) is 5.92 Å². The van der Waals surface area contributed by atoms with E-state index in [2.05, 4.69) is 30.3 Å². The molecule has 0 aliphatic heterocycles. The number of amides is 1. The molecule has 1 amide bonds. The lowest BCUT2D eigenvalue weighted by Crippen LogP contribution is -2.37. The number of aromatic nitrogens is 1. The van der Waals surface area contributed by atoms with Crippen molar-refractivity contribution >= 4 is 5.91 Å². The van der Waals surface area contributed by atoms with Crippen LogP contribution in [0.1, 0.15) is 48.6 Å². The number of aryl methyl sites for hydroxylation is 2. The number of hydrazine groups is 1. The van der Waals surface area contributed by atoms with Crippen LogP contribution in [0.25, 0.3) is 0 Å². The van der Waals surface area contributed by atoms with Gasteiger partial charge in [0.2, 0.25) is 5.91 Å². The van der Waals surface area contributed by atoms with Crippen LogP contribution >= 0.6 is 0 Å². The lowest BCUT2D eigenvalue weighted by Gasteiger charge is -2.26. The van der Waals surface area contributed by atoms with E-state index < -0.39 is 0 Å². The molecule has 1 aliphatic carbocycles. The molecule has 4 heteroatoms. The minimum absolute atomic E-state index is 0.0118. The lowest BCUT2D eigenvalue weighted by molar-refractivity contribution is -0.126. The van der Waals surface area contributed by atoms with E-state index >= 15 is 0 Å². The molecule has 0 spiro atoms. The van der Waals surface area contributed by atoms with Gasteiger partial charge < -0.3 is 4.98 Å². The molecule has 1 heterocycles. The number of nitrogens with one attached hydrogen (secondary N) is 2. The summed E-state index contributed by atoms with van der Waals surface area (Å²) >= 11 is 0. The fourth-order valence-electron chi connectivity index (χ4n) is 2.70. The molecule has 0 aromatic carbocycles. The van der Waals surface area contributed by atoms with Crippen LogP contribution in [0.3, 0.4) is 0 Å². The van der Waals surface area contributed by atoms with Crippen molar-refractivity contribution in [1.82, 2.24) is 10.4 Å². The van der Waals surface area contributed by atoms with E-state index in [1.807, 2.05) is 0 Å². The Balaban J connectivity index is 1.97. The second-order valence-electron chi connectivity index (χ2n) is 5.09. The van der Waals surface area contributed by atoms with Crippen LogP contribution in [0.2, 0.25) is 0 Å². The number of carbonyl (C=O) groups excluding carboxylic acids is 1. The third-order valence-corrected chi connectivity index (χ3v) is 3.98. The normalized spacial score (nSPS) is 24.6. The zero-order chi connectivity index (χ0) is 12.4. The van der Waals surface area contributed by atoms with Gasteiger partial charge in [-0.1, -0.05) is 0 Å². The predicted octanol–water partition coefficient (Wildman–Crippen LogP) is 1.90. The molecule has 0 saturated heterocycles. The summed E-state index contributed by atoms with van der Waals surface area (Å²) in [6.07, 6.45) is 4.00. The van der Waals surface area contributed by atoms with Crippen molar-refractivity contribution in [3.8, 4) is 0 Å². The highest BCUT2D eigenvalue weighted by Gasteiger charge is 2.27. The number of aromatic amines is 1. The van der Waals surface area contributed by atoms with Gasteiger partial charge in [-0.25, -0.2) is 5.84 Å². The number of nitrogens with two attached hydrogens (primary N) is 1. The minimum atomic E-state index is -0.0118. The van der Waals surface area contributed by atoms with Crippen molar-refractivity contribution in [3.63, 3.8) is 0 Å². The summed E-state index contributed by atoms with van der Waals surface area (Å²) in [5.41, 5.74) is 6.15. The standard InChI is InChI=1S/C13H21N3O/c1-8-7-12(15-9(8)2)10-3-5-11(6-4-10)13(17)16-14/h7,10-11,15H,3-6,14H2,1-2H3,(H,16,17). The van der Waals surface area contributed by atoms with Gasteiger partial charge in [0.15, 0.2) is 0 Å². The summed E-state index contributed by atoms with van der Waals surface area (Å²) in [7, 11) is 0. The molecular formula is C13H21N3O. The molecule has 0 unspecified atom stereocenters. The van der Waals surface area contributed by atoms with Crippen LogP contribution in [-0.2, 0) is 4.79 Å². The Kier molecular flexibility index (Phi) is 3.52. The monoisotopic (exact) mass is 235 g/mol. The average Bonchev–Trinajstić information content (AvgIpc) is 2.69. The molecule has 4 nitrogen and oxygen atoms in total. The molecule has 1 saturated carbocycles. The number of H-pyrrole nitrogens is 1. The van der Waals surface area contributed by atoms with E-state index in [0.717, 1.165) is 25.7 Å². The number of hydrogen-bond donors (Lipinski definition) is 3. The van der Waals surface area contributed by atoms with Crippen LogP contribution in [0, 0.1) is 19.8 Å². The summed E-state index contributed by atoms with van der Waals surface area (Å²) in [5.74, 6) is 5.83. The van der Waals surface area contributed by atoms with Gasteiger partial charge in [-0.2, -0.15) is 0 Å². The van der Waals surface area contributed by atoms with Crippen molar-refractivity contribution in [1.29, 1.82) is 0 Å². The van der Waals surface area contributed by atoms with Crippen molar-refractivity contribution in [3.05, 3.63) is 23.0 Å². The van der Waals surface area contributed by atoms with Gasteiger partial charge in [0.25, 0.3) is 0 Å². The van der Waals surface area contributed by atoms with Gasteiger partial charge in [0.05, 0.1) is 0 Å². The molecule has 17 heavy (non-hydrogen) atoms. The smallest absolute Gasteiger partial charge is 0.236 e. The molecule has 0 bridgehead atoms. The summed E-state index contributed by atoms with van der Waals surface area (Å²) in [5, 5.41) is 0. The van der Waals surface area contributed by atoms with E-state index in [1.54, 1.807) is 0 Å². The number of carbonyl (C=O) groups is 1. The lowest BCUT2D eigenvalue weighted by atomic mass is 9.80. The van der Waals surface area contributed by atoms with Crippen LogP contribution < -0.4 is 11.3 Å². The van der Waals surface area contributed by atoms with Crippen LogP contribution in [0.15, 0.2) is 6.07 Å². The van der Waals surface area contributed by atoms with E-state index in [-0.39, 0.29) is 11.8 Å². The number of hydrogen-bond acceptors (Lipinski definition) is 2. The van der Waals surface area contributed by atoms with Gasteiger partial charge in [-0.15, -0.1) is 0 Å². The van der Waals surface area contributed by atoms with Gasteiger partial charge in [0.1, 0.15) is 0 Å². The Morgan fingerprint density at radius 3 is 2.47 bits per heavy atom. The average molecular weight is 235 g/mol. The van der Waals surface area contributed by atoms with Crippen molar-refractivity contribution in [2.24, 2.45) is 11.8 Å². The first kappa shape index (κ1) is 12.2. The van der Waals surface area contributed by atoms with Gasteiger partial charge >= 0.3 is 0 Å². The maximum Gasteiger partial charge on any atom is 0.236 e. The SMILES string of the molecule is Cc1cc(C2CCC(C(=O)NN)CC2)[nH]c1C. The van der Waals surface area contributed by atoms with Gasteiger partial charge in [-0.05, 0) is 57.1 Å². The second kappa shape index (κ2) is 4.92. The largest absolute Gasteiger partial charge is 0.362 e. The summed E-state index contributed by atoms with van der Waals surface area (Å²) in [6.45, 7) is 4.23. The van der Waals surface area contributed by atoms with Crippen LogP contribution in [0.4, 0.5) is 0 Å². The van der Waals surface area contributed by atoms with Crippen LogP contribution in [-0.4, -0.2) is 10.9 Å². The molecule has 1 fully saturated rings. The first-order valence-electron chi connectivity index (χ1n) is 6.28. The zero-order valence-electron chi connectivity index (χ0n) is 10.5. The Bertz CT molecular complexity index is 383. The summed E-state index contributed by atoms with van der Waals surface area (Å²) in [6, 6.07) is 2.24. The van der Waals surface area contributed by atoms with Crippen LogP contribution in [0.5, 0.6) is 0 Å². The highest BCUT2D eigenvalue weighted by Crippen LogP contribution is 2.35. The third kappa shape index (κ3) is 2.52.